The summed E-state index contributed by atoms with van der Waals surface area (Å²) in [5.41, 5.74) is -0.692. The van der Waals surface area contributed by atoms with Crippen LogP contribution in [0.15, 0.2) is 11.3 Å². The molecule has 2 rings (SSSR count). The standard InChI is InChI=1S/C23H40O5Si/c1-11-26-21(25)19-15(4)27-23(8)17(20(19)24)12-16(14(2)3)13-18(23)28-29(9,10)22(5,6)7/h14,16-18H,11-13H2,1-10H3/t16-,17-,18-,23-/m0/s1. The van der Waals surface area contributed by atoms with Crippen molar-refractivity contribution in [1.82, 2.24) is 0 Å². The Kier molecular flexibility index (Phi) is 6.80. The van der Waals surface area contributed by atoms with E-state index >= 15 is 0 Å². The molecule has 0 aromatic carbocycles. The van der Waals surface area contributed by atoms with Gasteiger partial charge in [-0.3, -0.25) is 4.79 Å². The zero-order valence-corrected chi connectivity index (χ0v) is 21.0. The highest BCUT2D eigenvalue weighted by molar-refractivity contribution is 6.74. The number of rotatable bonds is 5. The molecular formula is C23H40O5Si. The van der Waals surface area contributed by atoms with Gasteiger partial charge >= 0.3 is 5.97 Å². The molecule has 0 N–H and O–H groups in total. The van der Waals surface area contributed by atoms with Gasteiger partial charge in [-0.1, -0.05) is 34.6 Å². The largest absolute Gasteiger partial charge is 0.488 e. The minimum atomic E-state index is -2.07. The van der Waals surface area contributed by atoms with Gasteiger partial charge in [0, 0.05) is 0 Å². The third-order valence-electron chi connectivity index (χ3n) is 7.34. The first-order chi connectivity index (χ1) is 13.2. The lowest BCUT2D eigenvalue weighted by Crippen LogP contribution is -2.62. The van der Waals surface area contributed by atoms with Crippen LogP contribution >= 0.6 is 0 Å². The monoisotopic (exact) mass is 424 g/mol. The van der Waals surface area contributed by atoms with E-state index in [1.807, 2.05) is 6.92 Å². The van der Waals surface area contributed by atoms with Crippen molar-refractivity contribution < 1.29 is 23.5 Å². The lowest BCUT2D eigenvalue weighted by Gasteiger charge is -2.54. The van der Waals surface area contributed by atoms with Crippen molar-refractivity contribution in [3.05, 3.63) is 11.3 Å². The number of carbonyl (C=O) groups excluding carboxylic acids is 2. The zero-order valence-electron chi connectivity index (χ0n) is 20.0. The van der Waals surface area contributed by atoms with Gasteiger partial charge in [0.15, 0.2) is 14.1 Å². The average Bonchev–Trinajstić information content (AvgIpc) is 2.54. The first-order valence-electron chi connectivity index (χ1n) is 10.9. The highest BCUT2D eigenvalue weighted by atomic mass is 28.4. The van der Waals surface area contributed by atoms with Crippen molar-refractivity contribution in [2.45, 2.75) is 98.1 Å². The third kappa shape index (κ3) is 4.48. The van der Waals surface area contributed by atoms with Crippen LogP contribution in [-0.2, 0) is 23.5 Å². The van der Waals surface area contributed by atoms with Gasteiger partial charge in [-0.05, 0) is 63.6 Å². The Morgan fingerprint density at radius 2 is 1.86 bits per heavy atom. The molecule has 1 saturated carbocycles. The van der Waals surface area contributed by atoms with Crippen molar-refractivity contribution in [3.8, 4) is 0 Å². The van der Waals surface area contributed by atoms with Gasteiger partial charge in [-0.15, -0.1) is 0 Å². The molecule has 0 aromatic rings. The molecule has 1 fully saturated rings. The molecule has 0 radical (unpaired) electrons. The minimum absolute atomic E-state index is 0.0588. The van der Waals surface area contributed by atoms with E-state index in [0.29, 0.717) is 24.0 Å². The van der Waals surface area contributed by atoms with Crippen LogP contribution < -0.4 is 0 Å². The van der Waals surface area contributed by atoms with E-state index in [0.717, 1.165) is 6.42 Å². The van der Waals surface area contributed by atoms with E-state index in [2.05, 4.69) is 47.7 Å². The number of allylic oxidation sites excluding steroid dienone is 1. The van der Waals surface area contributed by atoms with E-state index in [9.17, 15) is 9.59 Å². The molecule has 0 unspecified atom stereocenters. The van der Waals surface area contributed by atoms with E-state index in [-0.39, 0.29) is 29.1 Å². The second-order valence-corrected chi connectivity index (χ2v) is 15.5. The van der Waals surface area contributed by atoms with Crippen LogP contribution in [-0.4, -0.2) is 38.4 Å². The maximum atomic E-state index is 13.5. The van der Waals surface area contributed by atoms with Crippen LogP contribution in [0, 0.1) is 17.8 Å². The van der Waals surface area contributed by atoms with Gasteiger partial charge in [0.05, 0.1) is 18.6 Å². The number of esters is 1. The summed E-state index contributed by atoms with van der Waals surface area (Å²) in [5, 5.41) is 0.0588. The Bertz CT molecular complexity index is 688. The lowest BCUT2D eigenvalue weighted by atomic mass is 9.64. The molecule has 0 spiro atoms. The SMILES string of the molecule is CCOC(=O)C1=C(C)O[C@]2(C)[C@@H](O[Si](C)(C)C(C)(C)C)C[C@@H](C(C)C)C[C@H]2C1=O. The number of fused-ring (bicyclic) bond motifs is 1. The van der Waals surface area contributed by atoms with Crippen LogP contribution in [0.25, 0.3) is 0 Å². The second kappa shape index (κ2) is 8.18. The van der Waals surface area contributed by atoms with Gasteiger partial charge in [-0.25, -0.2) is 4.79 Å². The number of ketones is 1. The van der Waals surface area contributed by atoms with E-state index in [1.54, 1.807) is 13.8 Å². The summed E-state index contributed by atoms with van der Waals surface area (Å²) >= 11 is 0. The summed E-state index contributed by atoms with van der Waals surface area (Å²) < 4.78 is 18.4. The van der Waals surface area contributed by atoms with Crippen LogP contribution in [0.2, 0.25) is 18.1 Å². The third-order valence-corrected chi connectivity index (χ3v) is 11.8. The van der Waals surface area contributed by atoms with E-state index in [4.69, 9.17) is 13.9 Å². The smallest absolute Gasteiger partial charge is 0.345 e. The molecule has 0 bridgehead atoms. The maximum absolute atomic E-state index is 13.5. The average molecular weight is 425 g/mol. The highest BCUT2D eigenvalue weighted by Gasteiger charge is 2.58. The number of carbonyl (C=O) groups is 2. The van der Waals surface area contributed by atoms with Crippen LogP contribution in [0.5, 0.6) is 0 Å². The number of hydrogen-bond acceptors (Lipinski definition) is 5. The number of hydrogen-bond donors (Lipinski definition) is 0. The minimum Gasteiger partial charge on any atom is -0.488 e. The molecule has 1 aliphatic carbocycles. The fourth-order valence-corrected chi connectivity index (χ4v) is 5.68. The molecule has 1 aliphatic heterocycles. The number of Topliss-reactive ketones (excluding diaryl/α,β-unsaturated/α-hetero) is 1. The van der Waals surface area contributed by atoms with Crippen LogP contribution in [0.4, 0.5) is 0 Å². The van der Waals surface area contributed by atoms with Crippen LogP contribution in [0.1, 0.15) is 68.2 Å². The van der Waals surface area contributed by atoms with Gasteiger partial charge in [-0.2, -0.15) is 0 Å². The molecule has 0 aromatic heterocycles. The molecule has 6 heteroatoms. The van der Waals surface area contributed by atoms with Crippen molar-refractivity contribution in [2.24, 2.45) is 17.8 Å². The van der Waals surface area contributed by atoms with Gasteiger partial charge in [0.25, 0.3) is 0 Å². The molecule has 166 valence electrons. The van der Waals surface area contributed by atoms with Gasteiger partial charge < -0.3 is 13.9 Å². The lowest BCUT2D eigenvalue weighted by molar-refractivity contribution is -0.172. The van der Waals surface area contributed by atoms with Gasteiger partial charge in [0.2, 0.25) is 0 Å². The van der Waals surface area contributed by atoms with Crippen molar-refractivity contribution in [1.29, 1.82) is 0 Å². The Morgan fingerprint density at radius 3 is 2.34 bits per heavy atom. The van der Waals surface area contributed by atoms with E-state index in [1.165, 1.54) is 0 Å². The molecule has 4 atom stereocenters. The topological polar surface area (TPSA) is 61.8 Å². The molecule has 2 aliphatic rings. The van der Waals surface area contributed by atoms with Gasteiger partial charge in [0.1, 0.15) is 16.9 Å². The van der Waals surface area contributed by atoms with Crippen molar-refractivity contribution >= 4 is 20.1 Å². The second-order valence-electron chi connectivity index (χ2n) is 10.7. The Morgan fingerprint density at radius 1 is 1.28 bits per heavy atom. The summed E-state index contributed by atoms with van der Waals surface area (Å²) in [6, 6.07) is 0. The predicted octanol–water partition coefficient (Wildman–Crippen LogP) is 5.25. The van der Waals surface area contributed by atoms with Crippen molar-refractivity contribution in [2.75, 3.05) is 6.61 Å². The molecule has 1 heterocycles. The summed E-state index contributed by atoms with van der Waals surface area (Å²) in [6.45, 7) is 21.2. The molecule has 0 amide bonds. The summed E-state index contributed by atoms with van der Waals surface area (Å²) in [6.07, 6.45) is 1.39. The fraction of sp³-hybridized carbons (Fsp3) is 0.826. The maximum Gasteiger partial charge on any atom is 0.345 e. The molecule has 5 nitrogen and oxygen atoms in total. The Balaban J connectivity index is 2.49. The van der Waals surface area contributed by atoms with Crippen molar-refractivity contribution in [3.63, 3.8) is 0 Å². The molecular weight excluding hydrogens is 384 g/mol. The normalized spacial score (nSPS) is 30.9. The molecule has 0 saturated heterocycles. The predicted molar refractivity (Wildman–Crippen MR) is 117 cm³/mol. The van der Waals surface area contributed by atoms with Crippen LogP contribution in [0.3, 0.4) is 0 Å². The Labute approximate surface area is 177 Å². The first kappa shape index (κ1) is 24.1. The summed E-state index contributed by atoms with van der Waals surface area (Å²) in [5.74, 6) is 0.00294. The Hall–Kier alpha value is -1.14. The number of ether oxygens (including phenoxy) is 2. The zero-order chi connectivity index (χ0) is 22.4. The summed E-state index contributed by atoms with van der Waals surface area (Å²) in [4.78, 5) is 25.9. The van der Waals surface area contributed by atoms with E-state index < -0.39 is 25.8 Å². The molecule has 29 heavy (non-hydrogen) atoms. The highest BCUT2D eigenvalue weighted by Crippen LogP contribution is 2.50. The summed E-state index contributed by atoms with van der Waals surface area (Å²) in [7, 11) is -2.07. The first-order valence-corrected chi connectivity index (χ1v) is 13.9. The quantitative estimate of drug-likeness (QED) is 0.342. The fourth-order valence-electron chi connectivity index (χ4n) is 4.29.